The van der Waals surface area contributed by atoms with Crippen molar-refractivity contribution in [3.05, 3.63) is 152 Å². The molecule has 5 aliphatic heterocycles. The van der Waals surface area contributed by atoms with E-state index in [1.165, 1.54) is 93.8 Å². The van der Waals surface area contributed by atoms with Crippen LogP contribution in [0.4, 0.5) is 51.2 Å². The molecule has 0 unspecified atom stereocenters. The average Bonchev–Trinajstić information content (AvgIpc) is 3.15. The molecule has 0 saturated carbocycles. The van der Waals surface area contributed by atoms with E-state index in [1.54, 1.807) is 0 Å². The lowest BCUT2D eigenvalue weighted by Crippen LogP contribution is -2.69. The first kappa shape index (κ1) is 25.5. The fraction of sp³-hybridized carbons (Fsp3) is 0. The van der Waals surface area contributed by atoms with Gasteiger partial charge in [-0.2, -0.15) is 0 Å². The van der Waals surface area contributed by atoms with Crippen LogP contribution in [0.3, 0.4) is 0 Å². The molecule has 0 amide bonds. The molecule has 0 aromatic heterocycles. The number of benzene rings is 7. The number of rotatable bonds is 2. The van der Waals surface area contributed by atoms with Gasteiger partial charge in [0, 0.05) is 49.6 Å². The quantitative estimate of drug-likeness (QED) is 0.195. The molecule has 5 heterocycles. The van der Waals surface area contributed by atoms with Crippen LogP contribution in [-0.2, 0) is 0 Å². The molecule has 0 atom stereocenters. The predicted octanol–water partition coefficient (Wildman–Crippen LogP) is 6.85. The van der Waals surface area contributed by atoms with E-state index in [2.05, 4.69) is 166 Å². The summed E-state index contributed by atoms with van der Waals surface area (Å²) in [6, 6.07) is 56.5. The molecule has 0 bridgehead atoms. The standard InChI is InChI=1S/C42H25B2N3S/c1-3-13-26(14-4-1)45-32-21-9-7-17-28(32)43-30-19-11-23-36-40(30)47-41-31(20-12-24-37(41)48-36)44-29-18-8-10-22-33(29)46(27-15-5-2-6-16-27)35-25-34(45)38(43)42(47)39(35)44/h1-25H. The highest BCUT2D eigenvalue weighted by molar-refractivity contribution is 7.99. The van der Waals surface area contributed by atoms with Crippen LogP contribution in [0.1, 0.15) is 0 Å². The maximum absolute atomic E-state index is 2.67. The molecule has 7 aromatic carbocycles. The van der Waals surface area contributed by atoms with Crippen LogP contribution < -0.4 is 47.5 Å². The molecule has 0 N–H and O–H groups in total. The first-order valence-electron chi connectivity index (χ1n) is 16.7. The van der Waals surface area contributed by atoms with E-state index in [1.807, 2.05) is 11.8 Å². The summed E-state index contributed by atoms with van der Waals surface area (Å²) in [7, 11) is 0. The molecule has 48 heavy (non-hydrogen) atoms. The Morgan fingerprint density at radius 1 is 0.354 bits per heavy atom. The molecule has 5 aliphatic rings. The first-order valence-corrected chi connectivity index (χ1v) is 17.5. The van der Waals surface area contributed by atoms with Crippen LogP contribution >= 0.6 is 11.8 Å². The number of anilines is 9. The maximum atomic E-state index is 2.67. The third kappa shape index (κ3) is 3.01. The Morgan fingerprint density at radius 2 is 0.792 bits per heavy atom. The summed E-state index contributed by atoms with van der Waals surface area (Å²) in [6.07, 6.45) is 0. The molecule has 0 aliphatic carbocycles. The highest BCUT2D eigenvalue weighted by atomic mass is 32.2. The van der Waals surface area contributed by atoms with Gasteiger partial charge < -0.3 is 14.7 Å². The van der Waals surface area contributed by atoms with Gasteiger partial charge in [0.1, 0.15) is 0 Å². The molecule has 0 saturated heterocycles. The number of para-hydroxylation sites is 6. The van der Waals surface area contributed by atoms with Gasteiger partial charge in [0.15, 0.2) is 0 Å². The van der Waals surface area contributed by atoms with Crippen molar-refractivity contribution < 1.29 is 0 Å². The number of nitrogens with zero attached hydrogens (tertiary/aromatic N) is 3. The normalized spacial score (nSPS) is 14.8. The average molecular weight is 625 g/mol. The van der Waals surface area contributed by atoms with E-state index in [-0.39, 0.29) is 13.4 Å². The van der Waals surface area contributed by atoms with Gasteiger partial charge >= 0.3 is 0 Å². The van der Waals surface area contributed by atoms with Crippen molar-refractivity contribution in [2.24, 2.45) is 0 Å². The van der Waals surface area contributed by atoms with Gasteiger partial charge in [0.25, 0.3) is 13.4 Å². The lowest BCUT2D eigenvalue weighted by molar-refractivity contribution is 1.17. The zero-order valence-corrected chi connectivity index (χ0v) is 26.7. The molecule has 3 nitrogen and oxygen atoms in total. The van der Waals surface area contributed by atoms with Crippen molar-refractivity contribution in [2.75, 3.05) is 14.7 Å². The van der Waals surface area contributed by atoms with Crippen LogP contribution in [-0.4, -0.2) is 13.4 Å². The summed E-state index contributed by atoms with van der Waals surface area (Å²) >= 11 is 1.93. The highest BCUT2D eigenvalue weighted by Crippen LogP contribution is 2.55. The lowest BCUT2D eigenvalue weighted by Gasteiger charge is -2.52. The van der Waals surface area contributed by atoms with Crippen molar-refractivity contribution in [3.8, 4) is 0 Å². The number of hydrogen-bond donors (Lipinski definition) is 0. The van der Waals surface area contributed by atoms with Gasteiger partial charge in [-0.05, 0) is 87.4 Å². The second-order valence-electron chi connectivity index (χ2n) is 13.2. The summed E-state index contributed by atoms with van der Waals surface area (Å²) < 4.78 is 0. The van der Waals surface area contributed by atoms with Gasteiger partial charge in [0.05, 0.1) is 11.4 Å². The minimum atomic E-state index is 0.123. The molecule has 0 spiro atoms. The van der Waals surface area contributed by atoms with E-state index in [9.17, 15) is 0 Å². The Hall–Kier alpha value is -5.58. The first-order chi connectivity index (χ1) is 23.9. The third-order valence-electron chi connectivity index (χ3n) is 11.0. The minimum absolute atomic E-state index is 0.123. The second kappa shape index (κ2) is 9.06. The Bertz CT molecular complexity index is 2370. The van der Waals surface area contributed by atoms with E-state index < -0.39 is 0 Å². The highest BCUT2D eigenvalue weighted by Gasteiger charge is 2.53. The van der Waals surface area contributed by atoms with E-state index >= 15 is 0 Å². The summed E-state index contributed by atoms with van der Waals surface area (Å²) in [5, 5.41) is 0. The zero-order chi connectivity index (χ0) is 31.1. The van der Waals surface area contributed by atoms with Crippen molar-refractivity contribution >= 4 is 109 Å². The van der Waals surface area contributed by atoms with Crippen LogP contribution in [0.5, 0.6) is 0 Å². The molecule has 0 radical (unpaired) electrons. The molecular weight excluding hydrogens is 600 g/mol. The summed E-state index contributed by atoms with van der Waals surface area (Å²) in [6.45, 7) is 0.246. The number of hydrogen-bond acceptors (Lipinski definition) is 4. The molecule has 7 aromatic rings. The summed E-state index contributed by atoms with van der Waals surface area (Å²) in [5.74, 6) is 0. The molecule has 12 rings (SSSR count). The minimum Gasteiger partial charge on any atom is -0.311 e. The molecule has 220 valence electrons. The van der Waals surface area contributed by atoms with E-state index in [4.69, 9.17) is 0 Å². The monoisotopic (exact) mass is 625 g/mol. The zero-order valence-electron chi connectivity index (χ0n) is 25.8. The van der Waals surface area contributed by atoms with Crippen LogP contribution in [0.25, 0.3) is 0 Å². The molecule has 0 fully saturated rings. The predicted molar refractivity (Wildman–Crippen MR) is 204 cm³/mol. The third-order valence-corrected chi connectivity index (χ3v) is 12.1. The number of fused-ring (bicyclic) bond motifs is 6. The van der Waals surface area contributed by atoms with Gasteiger partial charge in [0.2, 0.25) is 0 Å². The smallest absolute Gasteiger partial charge is 0.252 e. The Labute approximate surface area is 284 Å². The van der Waals surface area contributed by atoms with Crippen LogP contribution in [0.15, 0.2) is 161 Å². The largest absolute Gasteiger partial charge is 0.311 e. The van der Waals surface area contributed by atoms with E-state index in [0.29, 0.717) is 0 Å². The van der Waals surface area contributed by atoms with Crippen molar-refractivity contribution in [3.63, 3.8) is 0 Å². The van der Waals surface area contributed by atoms with Gasteiger partial charge in [-0.15, -0.1) is 0 Å². The molecular formula is C42H25B2N3S. The maximum Gasteiger partial charge on any atom is 0.252 e. The SMILES string of the molecule is c1ccc(N2c3ccccc3B3c4cccc5c4N4c6c(cccc6B6c7ccccc7N(c7ccccc7)c7cc2c3c4c76)S5)cc1. The van der Waals surface area contributed by atoms with Gasteiger partial charge in [-0.25, -0.2) is 0 Å². The summed E-state index contributed by atoms with van der Waals surface area (Å²) in [4.78, 5) is 10.4. The van der Waals surface area contributed by atoms with E-state index in [0.717, 1.165) is 0 Å². The van der Waals surface area contributed by atoms with Crippen LogP contribution in [0, 0.1) is 0 Å². The fourth-order valence-corrected chi connectivity index (χ4v) is 10.4. The lowest BCUT2D eigenvalue weighted by atomic mass is 9.28. The van der Waals surface area contributed by atoms with Crippen molar-refractivity contribution in [2.45, 2.75) is 9.79 Å². The van der Waals surface area contributed by atoms with Crippen molar-refractivity contribution in [1.29, 1.82) is 0 Å². The van der Waals surface area contributed by atoms with Crippen LogP contribution in [0.2, 0.25) is 0 Å². The Balaban J connectivity index is 1.30. The van der Waals surface area contributed by atoms with Gasteiger partial charge in [-0.3, -0.25) is 0 Å². The fourth-order valence-electron chi connectivity index (χ4n) is 9.29. The molecule has 6 heteroatoms. The Morgan fingerprint density at radius 3 is 1.29 bits per heavy atom. The Kier molecular flexibility index (Phi) is 4.81. The summed E-state index contributed by atoms with van der Waals surface area (Å²) in [5.41, 5.74) is 19.8. The van der Waals surface area contributed by atoms with Crippen molar-refractivity contribution in [1.82, 2.24) is 0 Å². The second-order valence-corrected chi connectivity index (χ2v) is 14.3. The topological polar surface area (TPSA) is 9.72 Å². The van der Waals surface area contributed by atoms with Gasteiger partial charge in [-0.1, -0.05) is 109 Å².